The van der Waals surface area contributed by atoms with Gasteiger partial charge in [0.25, 0.3) is 27.7 Å². The number of hydrogen-bond acceptors (Lipinski definition) is 6. The molecule has 1 heterocycles. The highest BCUT2D eigenvalue weighted by Crippen LogP contribution is 2.37. The van der Waals surface area contributed by atoms with E-state index in [1.54, 1.807) is 0 Å². The molecule has 1 unspecified atom stereocenters. The first-order valence-corrected chi connectivity index (χ1v) is 20.4. The van der Waals surface area contributed by atoms with Crippen molar-refractivity contribution in [2.75, 3.05) is 12.4 Å². The summed E-state index contributed by atoms with van der Waals surface area (Å²) >= 11 is 1.94. The molecule has 0 aliphatic carbocycles. The van der Waals surface area contributed by atoms with E-state index >= 15 is 0 Å². The highest BCUT2D eigenvalue weighted by molar-refractivity contribution is 7.99. The highest BCUT2D eigenvalue weighted by Gasteiger charge is 2.50. The Morgan fingerprint density at radius 3 is 1.34 bits per heavy atom. The zero-order chi connectivity index (χ0) is 32.6. The second kappa shape index (κ2) is 27.4. The molecule has 5 atom stereocenters. The van der Waals surface area contributed by atoms with Crippen LogP contribution in [0.1, 0.15) is 127 Å². The van der Waals surface area contributed by atoms with Crippen LogP contribution in [0.2, 0.25) is 50.6 Å². The van der Waals surface area contributed by atoms with Gasteiger partial charge in [-0.05, 0) is 12.2 Å². The zero-order valence-corrected chi connectivity index (χ0v) is 31.6. The highest BCUT2D eigenvalue weighted by atomic mass is 32.2. The van der Waals surface area contributed by atoms with Crippen molar-refractivity contribution in [1.29, 1.82) is 0 Å². The summed E-state index contributed by atoms with van der Waals surface area (Å²) < 4.78 is 34.4. The van der Waals surface area contributed by atoms with Gasteiger partial charge in [-0.3, -0.25) is 0 Å². The topological polar surface area (TPSA) is 46.2 Å². The zero-order valence-electron chi connectivity index (χ0n) is 30.8. The minimum atomic E-state index is -0.219. The molecule has 1 aliphatic heterocycles. The maximum Gasteiger partial charge on any atom is 0.293 e. The van der Waals surface area contributed by atoms with Crippen LogP contribution in [0.4, 0.5) is 0 Å². The van der Waals surface area contributed by atoms with Gasteiger partial charge in [0, 0.05) is 0 Å². The van der Waals surface area contributed by atoms with Gasteiger partial charge < -0.3 is 23.4 Å². The Kier molecular flexibility index (Phi) is 26.4. The summed E-state index contributed by atoms with van der Waals surface area (Å²) in [6.45, 7) is 21.3. The third kappa shape index (κ3) is 16.5. The first kappa shape index (κ1) is 42.4. The Morgan fingerprint density at radius 2 is 0.886 bits per heavy atom. The van der Waals surface area contributed by atoms with Crippen molar-refractivity contribution in [2.45, 2.75) is 207 Å². The summed E-state index contributed by atoms with van der Waals surface area (Å²) in [5.74, 6) is 1.08. The molecule has 0 aromatic heterocycles. The van der Waals surface area contributed by atoms with Gasteiger partial charge >= 0.3 is 0 Å². The van der Waals surface area contributed by atoms with Crippen LogP contribution in [-0.2, 0) is 23.4 Å². The molecular weight excluding hydrogens is 564 g/mol. The largest absolute Gasteiger partial charge is 0.433 e. The van der Waals surface area contributed by atoms with Crippen molar-refractivity contribution in [3.05, 3.63) is 0 Å². The fraction of sp³-hybridized carbons (Fsp3) is 1.00. The first-order chi connectivity index (χ1) is 21.5. The van der Waals surface area contributed by atoms with Crippen LogP contribution in [0, 0.1) is 0 Å². The molecule has 1 rings (SSSR count). The summed E-state index contributed by atoms with van der Waals surface area (Å²) in [5.41, 5.74) is -0.0922. The van der Waals surface area contributed by atoms with Gasteiger partial charge in [-0.1, -0.05) is 171 Å². The van der Waals surface area contributed by atoms with Crippen molar-refractivity contribution in [1.82, 2.24) is 0 Å². The fourth-order valence-corrected chi connectivity index (χ4v) is 7.50. The van der Waals surface area contributed by atoms with Crippen molar-refractivity contribution in [2.24, 2.45) is 0 Å². The number of hydrogen-bond donors (Lipinski definition) is 0. The van der Waals surface area contributed by atoms with Gasteiger partial charge in [0.15, 0.2) is 0 Å². The number of thioether (sulfide) groups is 1. The van der Waals surface area contributed by atoms with Crippen molar-refractivity contribution in [3.63, 3.8) is 0 Å². The van der Waals surface area contributed by atoms with Gasteiger partial charge in [0.1, 0.15) is 17.6 Å². The standard InChI is InChI=1S/C34H72B4O5S/c1-10-19-20-21-22-23-24-25-26-27-28-44-34-33(43-38(17-8)18-9)32(42-37(15-6)16-7)31(41-36(13-4)14-5)30(40-34)29-39-35(11-2)12-3/h30-34H,10-29H2,1-9H3/t30-,31+,32+,33-,34?/m1/s1. The van der Waals surface area contributed by atoms with E-state index in [1.807, 2.05) is 11.8 Å². The minimum absolute atomic E-state index is 0.0922. The Bertz CT molecular complexity index is 639. The normalized spacial score (nSPS) is 21.9. The Morgan fingerprint density at radius 1 is 0.477 bits per heavy atom. The summed E-state index contributed by atoms with van der Waals surface area (Å²) in [7, 11) is 0. The minimum Gasteiger partial charge on any atom is -0.433 e. The number of unbranched alkanes of at least 4 members (excludes halogenated alkanes) is 9. The van der Waals surface area contributed by atoms with Gasteiger partial charge in [0.2, 0.25) is 0 Å². The molecule has 0 radical (unpaired) electrons. The summed E-state index contributed by atoms with van der Waals surface area (Å²) in [5, 5.41) is 0. The predicted molar refractivity (Wildman–Crippen MR) is 200 cm³/mol. The van der Waals surface area contributed by atoms with Gasteiger partial charge in [0.05, 0.1) is 18.8 Å². The lowest BCUT2D eigenvalue weighted by atomic mass is 9.61. The molecule has 0 bridgehead atoms. The molecule has 1 fully saturated rings. The first-order valence-electron chi connectivity index (χ1n) is 19.3. The molecule has 0 amide bonds. The lowest BCUT2D eigenvalue weighted by Gasteiger charge is -2.49. The molecular formula is C34H72B4O5S. The monoisotopic (exact) mass is 637 g/mol. The Hall–Kier alpha value is 0.410. The molecule has 256 valence electrons. The molecule has 0 N–H and O–H groups in total. The lowest BCUT2D eigenvalue weighted by Crippen LogP contribution is -2.63. The van der Waals surface area contributed by atoms with Crippen LogP contribution in [0.25, 0.3) is 0 Å². The molecule has 0 aromatic rings. The summed E-state index contributed by atoms with van der Waals surface area (Å²) in [4.78, 5) is 0. The molecule has 0 saturated carbocycles. The maximum atomic E-state index is 7.02. The van der Waals surface area contributed by atoms with Crippen LogP contribution in [0.5, 0.6) is 0 Å². The van der Waals surface area contributed by atoms with Crippen LogP contribution in [0.3, 0.4) is 0 Å². The van der Waals surface area contributed by atoms with E-state index < -0.39 is 0 Å². The van der Waals surface area contributed by atoms with E-state index in [4.69, 9.17) is 23.4 Å². The molecule has 44 heavy (non-hydrogen) atoms. The molecule has 10 heteroatoms. The molecule has 0 spiro atoms. The van der Waals surface area contributed by atoms with E-state index in [0.717, 1.165) is 56.3 Å². The quantitative estimate of drug-likeness (QED) is 0.0602. The molecule has 5 nitrogen and oxygen atoms in total. The second-order valence-electron chi connectivity index (χ2n) is 13.0. The van der Waals surface area contributed by atoms with E-state index in [9.17, 15) is 0 Å². The summed E-state index contributed by atoms with van der Waals surface area (Å²) in [6.07, 6.45) is 20.7. The van der Waals surface area contributed by atoms with E-state index in [1.165, 1.54) is 64.2 Å². The van der Waals surface area contributed by atoms with Crippen molar-refractivity contribution >= 4 is 39.4 Å². The van der Waals surface area contributed by atoms with Gasteiger partial charge in [-0.25, -0.2) is 0 Å². The number of ether oxygens (including phenoxy) is 1. The van der Waals surface area contributed by atoms with Crippen LogP contribution in [0.15, 0.2) is 0 Å². The summed E-state index contributed by atoms with van der Waals surface area (Å²) in [6, 6.07) is 0. The SMILES string of the molecule is CCCCCCCCCCCCSC1O[C@H](COB(CC)CC)[C@H](OB(CC)CC)[C@H](OB(CC)CC)[C@H]1OB(CC)CC. The molecule has 1 saturated heterocycles. The lowest BCUT2D eigenvalue weighted by molar-refractivity contribution is -0.186. The maximum absolute atomic E-state index is 7.02. The average molecular weight is 636 g/mol. The van der Waals surface area contributed by atoms with Gasteiger partial charge in [-0.15, -0.1) is 11.8 Å². The Balaban J connectivity index is 3.13. The smallest absolute Gasteiger partial charge is 0.293 e. The predicted octanol–water partition coefficient (Wildman–Crippen LogP) is 10.7. The third-order valence-electron chi connectivity index (χ3n) is 9.56. The van der Waals surface area contributed by atoms with E-state index in [0.29, 0.717) is 6.61 Å². The van der Waals surface area contributed by atoms with E-state index in [2.05, 4.69) is 62.3 Å². The average Bonchev–Trinajstić information content (AvgIpc) is 3.05. The Labute approximate surface area is 281 Å². The van der Waals surface area contributed by atoms with Crippen molar-refractivity contribution in [3.8, 4) is 0 Å². The van der Waals surface area contributed by atoms with Gasteiger partial charge in [-0.2, -0.15) is 0 Å². The number of rotatable bonds is 29. The second-order valence-corrected chi connectivity index (χ2v) is 14.2. The van der Waals surface area contributed by atoms with Crippen LogP contribution >= 0.6 is 11.8 Å². The van der Waals surface area contributed by atoms with Crippen LogP contribution < -0.4 is 0 Å². The molecule has 0 aromatic carbocycles. The van der Waals surface area contributed by atoms with Crippen LogP contribution in [-0.4, -0.2) is 69.9 Å². The van der Waals surface area contributed by atoms with Crippen molar-refractivity contribution < 1.29 is 23.4 Å². The van der Waals surface area contributed by atoms with E-state index in [-0.39, 0.29) is 57.5 Å². The fourth-order valence-electron chi connectivity index (χ4n) is 6.26. The molecule has 1 aliphatic rings. The third-order valence-corrected chi connectivity index (χ3v) is 10.8.